The van der Waals surface area contributed by atoms with E-state index in [0.717, 1.165) is 55.4 Å². The highest BCUT2D eigenvalue weighted by Gasteiger charge is 2.15. The molecule has 1 saturated heterocycles. The molecule has 1 unspecified atom stereocenters. The fourth-order valence-electron chi connectivity index (χ4n) is 3.55. The van der Waals surface area contributed by atoms with E-state index in [1.54, 1.807) is 0 Å². The first-order valence-electron chi connectivity index (χ1n) is 11.8. The molecule has 1 aliphatic heterocycles. The van der Waals surface area contributed by atoms with E-state index in [0.29, 0.717) is 6.61 Å². The summed E-state index contributed by atoms with van der Waals surface area (Å²) in [7, 11) is 0. The van der Waals surface area contributed by atoms with Crippen LogP contribution in [0.15, 0.2) is 48.5 Å². The molecule has 2 aromatic carbocycles. The Morgan fingerprint density at radius 2 is 1.62 bits per heavy atom. The molecular weight excluding hydrogens is 404 g/mol. The number of unbranched alkanes of at least 4 members (excludes halogenated alkanes) is 4. The van der Waals surface area contributed by atoms with Gasteiger partial charge < -0.3 is 24.8 Å². The summed E-state index contributed by atoms with van der Waals surface area (Å²) in [6.45, 7) is 4.55. The second kappa shape index (κ2) is 13.6. The first kappa shape index (κ1) is 23.9. The fraction of sp³-hybridized carbons (Fsp3) is 0.500. The third kappa shape index (κ3) is 8.79. The SMILES string of the molecule is CCCCCCCOc1ccc(NC(=O)CNc2ccc(OCC3CCCO3)cc2)cc1. The van der Waals surface area contributed by atoms with Crippen LogP contribution in [0.1, 0.15) is 51.9 Å². The van der Waals surface area contributed by atoms with Gasteiger partial charge in [-0.2, -0.15) is 0 Å². The summed E-state index contributed by atoms with van der Waals surface area (Å²) in [5.74, 6) is 1.53. The molecule has 174 valence electrons. The van der Waals surface area contributed by atoms with Gasteiger partial charge in [0.2, 0.25) is 5.91 Å². The molecule has 6 nitrogen and oxygen atoms in total. The summed E-state index contributed by atoms with van der Waals surface area (Å²) in [5, 5.41) is 6.03. The first-order chi connectivity index (χ1) is 15.7. The van der Waals surface area contributed by atoms with E-state index in [4.69, 9.17) is 14.2 Å². The Hall–Kier alpha value is -2.73. The lowest BCUT2D eigenvalue weighted by Crippen LogP contribution is -2.21. The number of amides is 1. The number of hydrogen-bond acceptors (Lipinski definition) is 5. The van der Waals surface area contributed by atoms with Crippen molar-refractivity contribution >= 4 is 17.3 Å². The van der Waals surface area contributed by atoms with E-state index < -0.39 is 0 Å². The molecule has 2 aromatic rings. The molecule has 0 bridgehead atoms. The van der Waals surface area contributed by atoms with Crippen LogP contribution in [0.4, 0.5) is 11.4 Å². The molecule has 3 rings (SSSR count). The molecule has 1 atom stereocenters. The molecule has 1 amide bonds. The topological polar surface area (TPSA) is 68.8 Å². The van der Waals surface area contributed by atoms with Gasteiger partial charge in [-0.05, 0) is 67.8 Å². The minimum Gasteiger partial charge on any atom is -0.494 e. The van der Waals surface area contributed by atoms with E-state index in [-0.39, 0.29) is 18.6 Å². The molecular formula is C26H36N2O4. The number of hydrogen-bond donors (Lipinski definition) is 2. The maximum absolute atomic E-state index is 12.2. The molecule has 6 heteroatoms. The molecule has 2 N–H and O–H groups in total. The Bertz CT molecular complexity index is 786. The molecule has 1 heterocycles. The number of rotatable bonds is 14. The number of anilines is 2. The summed E-state index contributed by atoms with van der Waals surface area (Å²) < 4.78 is 17.1. The molecule has 1 aliphatic rings. The van der Waals surface area contributed by atoms with Crippen molar-refractivity contribution in [2.24, 2.45) is 0 Å². The van der Waals surface area contributed by atoms with Crippen LogP contribution in [0, 0.1) is 0 Å². The lowest BCUT2D eigenvalue weighted by atomic mass is 10.2. The van der Waals surface area contributed by atoms with E-state index in [2.05, 4.69) is 17.6 Å². The molecule has 32 heavy (non-hydrogen) atoms. The van der Waals surface area contributed by atoms with Crippen molar-refractivity contribution in [3.8, 4) is 11.5 Å². The third-order valence-corrected chi connectivity index (χ3v) is 5.42. The summed E-state index contributed by atoms with van der Waals surface area (Å²) in [5.41, 5.74) is 1.62. The predicted octanol–water partition coefficient (Wildman–Crippen LogP) is 5.64. The Balaban J connectivity index is 1.31. The van der Waals surface area contributed by atoms with Gasteiger partial charge in [0.25, 0.3) is 0 Å². The second-order valence-corrected chi connectivity index (χ2v) is 8.16. The highest BCUT2D eigenvalue weighted by molar-refractivity contribution is 5.93. The largest absolute Gasteiger partial charge is 0.494 e. The van der Waals surface area contributed by atoms with Crippen molar-refractivity contribution in [2.45, 2.75) is 58.0 Å². The van der Waals surface area contributed by atoms with E-state index in [1.807, 2.05) is 48.5 Å². The van der Waals surface area contributed by atoms with E-state index in [1.165, 1.54) is 25.7 Å². The summed E-state index contributed by atoms with van der Waals surface area (Å²) >= 11 is 0. The van der Waals surface area contributed by atoms with Gasteiger partial charge in [0.15, 0.2) is 0 Å². The van der Waals surface area contributed by atoms with Crippen LogP contribution in [0.25, 0.3) is 0 Å². The fourth-order valence-corrected chi connectivity index (χ4v) is 3.55. The zero-order valence-corrected chi connectivity index (χ0v) is 19.1. The van der Waals surface area contributed by atoms with Crippen LogP contribution in [-0.4, -0.2) is 38.4 Å². The van der Waals surface area contributed by atoms with Gasteiger partial charge in [-0.3, -0.25) is 4.79 Å². The quantitative estimate of drug-likeness (QED) is 0.372. The number of ether oxygens (including phenoxy) is 3. The van der Waals surface area contributed by atoms with E-state index in [9.17, 15) is 4.79 Å². The van der Waals surface area contributed by atoms with Crippen molar-refractivity contribution in [1.29, 1.82) is 0 Å². The Morgan fingerprint density at radius 3 is 2.31 bits per heavy atom. The van der Waals surface area contributed by atoms with Gasteiger partial charge in [0.05, 0.1) is 19.3 Å². The molecule has 1 fully saturated rings. The van der Waals surface area contributed by atoms with Crippen LogP contribution < -0.4 is 20.1 Å². The average molecular weight is 441 g/mol. The summed E-state index contributed by atoms with van der Waals surface area (Å²) in [6.07, 6.45) is 8.46. The maximum atomic E-state index is 12.2. The third-order valence-electron chi connectivity index (χ3n) is 5.42. The van der Waals surface area contributed by atoms with Gasteiger partial charge in [0, 0.05) is 18.0 Å². The molecule has 0 spiro atoms. The number of carbonyl (C=O) groups is 1. The first-order valence-corrected chi connectivity index (χ1v) is 11.8. The van der Waals surface area contributed by atoms with Gasteiger partial charge >= 0.3 is 0 Å². The van der Waals surface area contributed by atoms with Crippen molar-refractivity contribution in [2.75, 3.05) is 37.0 Å². The van der Waals surface area contributed by atoms with E-state index >= 15 is 0 Å². The van der Waals surface area contributed by atoms with Gasteiger partial charge in [0.1, 0.15) is 18.1 Å². The van der Waals surface area contributed by atoms with Crippen LogP contribution in [-0.2, 0) is 9.53 Å². The highest BCUT2D eigenvalue weighted by Crippen LogP contribution is 2.19. The second-order valence-electron chi connectivity index (χ2n) is 8.16. The summed E-state index contributed by atoms with van der Waals surface area (Å²) in [4.78, 5) is 12.2. The van der Waals surface area contributed by atoms with Gasteiger partial charge in [-0.15, -0.1) is 0 Å². The van der Waals surface area contributed by atoms with Gasteiger partial charge in [-0.1, -0.05) is 32.6 Å². The summed E-state index contributed by atoms with van der Waals surface area (Å²) in [6, 6.07) is 15.1. The van der Waals surface area contributed by atoms with Gasteiger partial charge in [-0.25, -0.2) is 0 Å². The van der Waals surface area contributed by atoms with Crippen LogP contribution in [0.3, 0.4) is 0 Å². The minimum absolute atomic E-state index is 0.103. The van der Waals surface area contributed by atoms with Crippen molar-refractivity contribution < 1.29 is 19.0 Å². The number of benzene rings is 2. The maximum Gasteiger partial charge on any atom is 0.243 e. The standard InChI is InChI=1S/C26H36N2O4/c1-2-3-4-5-6-17-30-23-15-11-22(12-16-23)28-26(29)19-27-21-9-13-24(14-10-21)32-20-25-8-7-18-31-25/h9-16,25,27H,2-8,17-20H2,1H3,(H,28,29). The highest BCUT2D eigenvalue weighted by atomic mass is 16.5. The lowest BCUT2D eigenvalue weighted by molar-refractivity contribution is -0.114. The minimum atomic E-state index is -0.103. The molecule has 0 saturated carbocycles. The molecule has 0 radical (unpaired) electrons. The van der Waals surface area contributed by atoms with Crippen molar-refractivity contribution in [1.82, 2.24) is 0 Å². The van der Waals surface area contributed by atoms with Crippen LogP contribution in [0.2, 0.25) is 0 Å². The zero-order chi connectivity index (χ0) is 22.4. The molecule has 0 aliphatic carbocycles. The zero-order valence-electron chi connectivity index (χ0n) is 19.1. The Morgan fingerprint density at radius 1 is 0.938 bits per heavy atom. The van der Waals surface area contributed by atoms with Crippen molar-refractivity contribution in [3.63, 3.8) is 0 Å². The predicted molar refractivity (Wildman–Crippen MR) is 129 cm³/mol. The Labute approximate surface area is 191 Å². The number of carbonyl (C=O) groups excluding carboxylic acids is 1. The smallest absolute Gasteiger partial charge is 0.243 e. The normalized spacial score (nSPS) is 15.3. The van der Waals surface area contributed by atoms with Crippen LogP contribution >= 0.6 is 0 Å². The Kier molecular flexibility index (Phi) is 10.2. The number of nitrogens with one attached hydrogen (secondary N) is 2. The van der Waals surface area contributed by atoms with Crippen LogP contribution in [0.5, 0.6) is 11.5 Å². The molecule has 0 aromatic heterocycles. The monoisotopic (exact) mass is 440 g/mol. The lowest BCUT2D eigenvalue weighted by Gasteiger charge is -2.12. The van der Waals surface area contributed by atoms with Crippen molar-refractivity contribution in [3.05, 3.63) is 48.5 Å². The average Bonchev–Trinajstić information content (AvgIpc) is 3.34.